The molecule has 4 bridgehead atoms. The maximum absolute atomic E-state index is 10.5. The predicted octanol–water partition coefficient (Wildman–Crippen LogP) is 2.55. The van der Waals surface area contributed by atoms with Crippen molar-refractivity contribution in [3.05, 3.63) is 0 Å². The zero-order valence-electron chi connectivity index (χ0n) is 11.3. The Labute approximate surface area is 105 Å². The Hall–Kier alpha value is -0.0800. The number of aliphatic hydroxyl groups is 1. The van der Waals surface area contributed by atoms with E-state index < -0.39 is 5.60 Å². The Balaban J connectivity index is 1.90. The second-order valence-electron chi connectivity index (χ2n) is 7.72. The van der Waals surface area contributed by atoms with Gasteiger partial charge in [0.2, 0.25) is 0 Å². The van der Waals surface area contributed by atoms with Gasteiger partial charge in [0.05, 0.1) is 5.60 Å². The first kappa shape index (κ1) is 12.0. The molecule has 98 valence electrons. The van der Waals surface area contributed by atoms with E-state index in [0.29, 0.717) is 17.9 Å². The minimum Gasteiger partial charge on any atom is -0.390 e. The fourth-order valence-electron chi connectivity index (χ4n) is 5.89. The summed E-state index contributed by atoms with van der Waals surface area (Å²) in [6.45, 7) is 4.57. The lowest BCUT2D eigenvalue weighted by atomic mass is 9.45. The first-order chi connectivity index (χ1) is 7.93. The normalized spacial score (nSPS) is 46.2. The fourth-order valence-corrected chi connectivity index (χ4v) is 5.89. The third-order valence-electron chi connectivity index (χ3n) is 5.91. The molecule has 0 aliphatic heterocycles. The summed E-state index contributed by atoms with van der Waals surface area (Å²) in [5.41, 5.74) is 5.79. The topological polar surface area (TPSA) is 46.2 Å². The zero-order chi connectivity index (χ0) is 12.3. The van der Waals surface area contributed by atoms with Crippen LogP contribution in [0, 0.1) is 29.1 Å². The molecule has 0 aromatic heterocycles. The van der Waals surface area contributed by atoms with E-state index in [4.69, 9.17) is 5.73 Å². The van der Waals surface area contributed by atoms with E-state index in [1.165, 1.54) is 38.5 Å². The third-order valence-corrected chi connectivity index (χ3v) is 5.91. The van der Waals surface area contributed by atoms with Crippen molar-refractivity contribution >= 4 is 0 Å². The van der Waals surface area contributed by atoms with E-state index in [0.717, 1.165) is 17.8 Å². The summed E-state index contributed by atoms with van der Waals surface area (Å²) in [6, 6.07) is 0. The van der Waals surface area contributed by atoms with Crippen molar-refractivity contribution in [3.8, 4) is 0 Å². The Bertz CT molecular complexity index is 269. The SMILES string of the molecule is CC(C)(O)C(CN)C12CC3CC(CC(C3)C1)C2. The second-order valence-corrected chi connectivity index (χ2v) is 7.72. The van der Waals surface area contributed by atoms with Crippen LogP contribution in [0.2, 0.25) is 0 Å². The van der Waals surface area contributed by atoms with Gasteiger partial charge >= 0.3 is 0 Å². The summed E-state index contributed by atoms with van der Waals surface area (Å²) in [4.78, 5) is 0. The Morgan fingerprint density at radius 1 is 1.12 bits per heavy atom. The highest BCUT2D eigenvalue weighted by molar-refractivity contribution is 5.06. The van der Waals surface area contributed by atoms with Gasteiger partial charge in [0, 0.05) is 5.92 Å². The van der Waals surface area contributed by atoms with E-state index >= 15 is 0 Å². The summed E-state index contributed by atoms with van der Waals surface area (Å²) in [5, 5.41) is 10.5. The predicted molar refractivity (Wildman–Crippen MR) is 69.4 cm³/mol. The van der Waals surface area contributed by atoms with Gasteiger partial charge in [-0.2, -0.15) is 0 Å². The highest BCUT2D eigenvalue weighted by atomic mass is 16.3. The van der Waals surface area contributed by atoms with Crippen LogP contribution in [-0.4, -0.2) is 17.3 Å². The number of rotatable bonds is 3. The molecule has 4 fully saturated rings. The number of hydrogen-bond acceptors (Lipinski definition) is 2. The summed E-state index contributed by atoms with van der Waals surface area (Å²) in [7, 11) is 0. The maximum atomic E-state index is 10.5. The summed E-state index contributed by atoms with van der Waals surface area (Å²) in [6.07, 6.45) is 8.40. The molecule has 2 heteroatoms. The number of nitrogens with two attached hydrogens (primary N) is 1. The molecule has 0 heterocycles. The quantitative estimate of drug-likeness (QED) is 0.792. The van der Waals surface area contributed by atoms with Crippen molar-refractivity contribution in [1.82, 2.24) is 0 Å². The van der Waals surface area contributed by atoms with Gasteiger partial charge < -0.3 is 10.8 Å². The second kappa shape index (κ2) is 3.71. The molecule has 17 heavy (non-hydrogen) atoms. The molecule has 1 atom stereocenters. The van der Waals surface area contributed by atoms with Gasteiger partial charge in [0.15, 0.2) is 0 Å². The van der Waals surface area contributed by atoms with Crippen molar-refractivity contribution in [3.63, 3.8) is 0 Å². The summed E-state index contributed by atoms with van der Waals surface area (Å²) >= 11 is 0. The average molecular weight is 237 g/mol. The van der Waals surface area contributed by atoms with Crippen molar-refractivity contribution < 1.29 is 5.11 Å². The monoisotopic (exact) mass is 237 g/mol. The van der Waals surface area contributed by atoms with Crippen molar-refractivity contribution in [2.45, 2.75) is 58.0 Å². The molecule has 0 amide bonds. The van der Waals surface area contributed by atoms with Crippen LogP contribution in [0.25, 0.3) is 0 Å². The van der Waals surface area contributed by atoms with E-state index in [9.17, 15) is 5.11 Å². The van der Waals surface area contributed by atoms with Crippen LogP contribution in [0.4, 0.5) is 0 Å². The molecule has 0 radical (unpaired) electrons. The van der Waals surface area contributed by atoms with Gasteiger partial charge in [-0.3, -0.25) is 0 Å². The average Bonchev–Trinajstić information content (AvgIpc) is 2.12. The van der Waals surface area contributed by atoms with Gasteiger partial charge in [-0.1, -0.05) is 0 Å². The zero-order valence-corrected chi connectivity index (χ0v) is 11.3. The van der Waals surface area contributed by atoms with Crippen LogP contribution in [0.5, 0.6) is 0 Å². The largest absolute Gasteiger partial charge is 0.390 e. The first-order valence-corrected chi connectivity index (χ1v) is 7.35. The molecule has 1 unspecified atom stereocenters. The van der Waals surface area contributed by atoms with Gasteiger partial charge in [-0.05, 0) is 82.1 Å². The molecule has 4 rings (SSSR count). The Morgan fingerprint density at radius 3 is 1.82 bits per heavy atom. The van der Waals surface area contributed by atoms with Gasteiger partial charge in [-0.15, -0.1) is 0 Å². The molecule has 0 saturated heterocycles. The van der Waals surface area contributed by atoms with Crippen LogP contribution >= 0.6 is 0 Å². The minimum atomic E-state index is -0.611. The van der Waals surface area contributed by atoms with Crippen LogP contribution in [0.1, 0.15) is 52.4 Å². The van der Waals surface area contributed by atoms with Crippen LogP contribution in [-0.2, 0) is 0 Å². The lowest BCUT2D eigenvalue weighted by molar-refractivity contribution is -0.138. The summed E-state index contributed by atoms with van der Waals surface area (Å²) in [5.74, 6) is 3.12. The van der Waals surface area contributed by atoms with E-state index in [-0.39, 0.29) is 0 Å². The highest BCUT2D eigenvalue weighted by Crippen LogP contribution is 2.63. The maximum Gasteiger partial charge on any atom is 0.0637 e. The van der Waals surface area contributed by atoms with Gasteiger partial charge in [0.25, 0.3) is 0 Å². The van der Waals surface area contributed by atoms with Crippen molar-refractivity contribution in [1.29, 1.82) is 0 Å². The Morgan fingerprint density at radius 2 is 1.53 bits per heavy atom. The molecular formula is C15H27NO. The van der Waals surface area contributed by atoms with Crippen molar-refractivity contribution in [2.75, 3.05) is 6.54 Å². The minimum absolute atomic E-state index is 0.295. The Kier molecular flexibility index (Phi) is 2.61. The molecule has 0 aromatic rings. The third kappa shape index (κ3) is 1.84. The summed E-state index contributed by atoms with van der Waals surface area (Å²) < 4.78 is 0. The molecule has 4 aliphatic carbocycles. The van der Waals surface area contributed by atoms with Crippen LogP contribution in [0.3, 0.4) is 0 Å². The molecular weight excluding hydrogens is 210 g/mol. The van der Waals surface area contributed by atoms with Crippen molar-refractivity contribution in [2.24, 2.45) is 34.8 Å². The highest BCUT2D eigenvalue weighted by Gasteiger charge is 2.56. The van der Waals surface area contributed by atoms with E-state index in [2.05, 4.69) is 0 Å². The molecule has 0 spiro atoms. The van der Waals surface area contributed by atoms with Crippen LogP contribution in [0.15, 0.2) is 0 Å². The lowest BCUT2D eigenvalue weighted by Crippen LogP contribution is -2.56. The fraction of sp³-hybridized carbons (Fsp3) is 1.00. The molecule has 0 aromatic carbocycles. The van der Waals surface area contributed by atoms with E-state index in [1.54, 1.807) is 0 Å². The standard InChI is InChI=1S/C15H27NO/c1-14(2,17)13(9-16)15-6-10-3-11(7-15)5-12(4-10)8-15/h10-13,17H,3-9,16H2,1-2H3. The number of hydrogen-bond donors (Lipinski definition) is 2. The lowest BCUT2D eigenvalue weighted by Gasteiger charge is -2.61. The molecule has 3 N–H and O–H groups in total. The van der Waals surface area contributed by atoms with Gasteiger partial charge in [-0.25, -0.2) is 0 Å². The van der Waals surface area contributed by atoms with E-state index in [1.807, 2.05) is 13.8 Å². The molecule has 2 nitrogen and oxygen atoms in total. The smallest absolute Gasteiger partial charge is 0.0637 e. The molecule has 4 saturated carbocycles. The van der Waals surface area contributed by atoms with Crippen LogP contribution < -0.4 is 5.73 Å². The first-order valence-electron chi connectivity index (χ1n) is 7.35. The van der Waals surface area contributed by atoms with Gasteiger partial charge in [0.1, 0.15) is 0 Å². The molecule has 4 aliphatic rings.